The number of carbonyl (C=O) groups excluding carboxylic acids is 1. The van der Waals surface area contributed by atoms with Gasteiger partial charge in [0.05, 0.1) is 0 Å². The Labute approximate surface area is 158 Å². The number of rotatable bonds is 2. The molecule has 3 rings (SSSR count). The van der Waals surface area contributed by atoms with Crippen LogP contribution in [-0.4, -0.2) is 42.5 Å². The minimum Gasteiger partial charge on any atom is -0.483 e. The number of likely N-dealkylation sites (tertiary alicyclic amines) is 1. The lowest BCUT2D eigenvalue weighted by atomic mass is 9.79. The average Bonchev–Trinajstić information content (AvgIpc) is 2.59. The minimum absolute atomic E-state index is 0.0630. The van der Waals surface area contributed by atoms with Crippen molar-refractivity contribution in [3.05, 3.63) is 39.7 Å². The van der Waals surface area contributed by atoms with Crippen molar-refractivity contribution in [3.63, 3.8) is 0 Å². The number of nitrogens with zero attached hydrogens (tertiary/aromatic N) is 1. The third-order valence-electron chi connectivity index (χ3n) is 5.18. The Morgan fingerprint density at radius 1 is 1.22 bits per heavy atom. The Bertz CT molecular complexity index is 895. The van der Waals surface area contributed by atoms with Crippen molar-refractivity contribution in [2.75, 3.05) is 25.5 Å². The van der Waals surface area contributed by atoms with Crippen molar-refractivity contribution in [3.8, 4) is 0 Å². The maximum Gasteiger partial charge on any atom is 0.336 e. The van der Waals surface area contributed by atoms with Crippen LogP contribution >= 0.6 is 0 Å². The molecule has 0 bridgehead atoms. The fraction of sp³-hybridized carbons (Fsp3) is 0.450. The summed E-state index contributed by atoms with van der Waals surface area (Å²) >= 11 is 0. The minimum atomic E-state index is -0.352. The molecule has 1 saturated heterocycles. The molecule has 0 spiro atoms. The maximum atomic E-state index is 12.8. The number of hydrogen-bond acceptors (Lipinski definition) is 5. The van der Waals surface area contributed by atoms with Gasteiger partial charge in [-0.3, -0.25) is 9.59 Å². The molecule has 1 aliphatic rings. The molecule has 2 aromatic rings. The molecule has 146 valence electrons. The van der Waals surface area contributed by atoms with E-state index < -0.39 is 0 Å². The summed E-state index contributed by atoms with van der Waals surface area (Å²) in [4.78, 5) is 34.9. The van der Waals surface area contributed by atoms with Crippen LogP contribution in [0.3, 0.4) is 0 Å². The summed E-state index contributed by atoms with van der Waals surface area (Å²) in [6.07, 6.45) is 1.71. The smallest absolute Gasteiger partial charge is 0.336 e. The number of aryl methyl sites for hydroxylation is 2. The lowest BCUT2D eigenvalue weighted by Gasteiger charge is -2.36. The molecule has 0 radical (unpaired) electrons. The number of anilines is 1. The van der Waals surface area contributed by atoms with Gasteiger partial charge in [-0.15, -0.1) is 0 Å². The predicted octanol–water partition coefficient (Wildman–Crippen LogP) is 2.78. The summed E-state index contributed by atoms with van der Waals surface area (Å²) in [5.74, 6) is 0.0630. The molecule has 2 heterocycles. The topological polar surface area (TPSA) is 99.9 Å². The Hall–Kier alpha value is -2.67. The van der Waals surface area contributed by atoms with Gasteiger partial charge >= 0.3 is 5.63 Å². The maximum absolute atomic E-state index is 12.8. The lowest BCUT2D eigenvalue weighted by molar-refractivity contribution is -0.127. The van der Waals surface area contributed by atoms with Gasteiger partial charge in [-0.1, -0.05) is 6.92 Å². The first kappa shape index (κ1) is 20.6. The fourth-order valence-electron chi connectivity index (χ4n) is 3.21. The highest BCUT2D eigenvalue weighted by molar-refractivity contribution is 5.98. The first-order valence-electron chi connectivity index (χ1n) is 8.83. The van der Waals surface area contributed by atoms with E-state index in [1.165, 1.54) is 6.07 Å². The van der Waals surface area contributed by atoms with Crippen molar-refractivity contribution in [2.45, 2.75) is 33.6 Å². The molecule has 1 fully saturated rings. The van der Waals surface area contributed by atoms with E-state index in [1.54, 1.807) is 0 Å². The Morgan fingerprint density at radius 3 is 2.41 bits per heavy atom. The highest BCUT2D eigenvalue weighted by atomic mass is 16.4. The number of benzene rings is 1. The highest BCUT2D eigenvalue weighted by Gasteiger charge is 2.36. The second kappa shape index (κ2) is 8.35. The van der Waals surface area contributed by atoms with Crippen molar-refractivity contribution >= 4 is 29.0 Å². The molecule has 1 aliphatic heterocycles. The van der Waals surface area contributed by atoms with Crippen LogP contribution in [0.15, 0.2) is 27.4 Å². The normalized spacial score (nSPS) is 16.3. The van der Waals surface area contributed by atoms with Crippen LogP contribution in [0.4, 0.5) is 5.69 Å². The summed E-state index contributed by atoms with van der Waals surface area (Å²) in [5, 5.41) is 10.8. The fourth-order valence-corrected chi connectivity index (χ4v) is 3.21. The van der Waals surface area contributed by atoms with E-state index in [2.05, 4.69) is 17.3 Å². The van der Waals surface area contributed by atoms with Crippen LogP contribution in [-0.2, 0) is 9.59 Å². The lowest BCUT2D eigenvalue weighted by Crippen LogP contribution is -2.43. The summed E-state index contributed by atoms with van der Waals surface area (Å²) in [6.45, 7) is 7.44. The van der Waals surface area contributed by atoms with Gasteiger partial charge in [-0.25, -0.2) is 4.79 Å². The summed E-state index contributed by atoms with van der Waals surface area (Å²) in [7, 11) is 2.08. The van der Waals surface area contributed by atoms with Crippen LogP contribution in [0, 0.1) is 19.3 Å². The molecule has 27 heavy (non-hydrogen) atoms. The third kappa shape index (κ3) is 4.74. The monoisotopic (exact) mass is 374 g/mol. The number of fused-ring (bicyclic) bond motifs is 1. The van der Waals surface area contributed by atoms with Crippen molar-refractivity contribution in [1.29, 1.82) is 0 Å². The molecule has 1 aromatic heterocycles. The van der Waals surface area contributed by atoms with Gasteiger partial charge in [0.15, 0.2) is 0 Å². The van der Waals surface area contributed by atoms with E-state index in [0.29, 0.717) is 5.58 Å². The van der Waals surface area contributed by atoms with Crippen LogP contribution < -0.4 is 10.9 Å². The standard InChI is InChI=1S/C19H24N2O3.CH2O2/c1-12-10-17(22)24-16-9-13(2)15(11-14(12)16)20-18(23)19(3)5-7-21(4)8-6-19;2-1-3/h9-11H,5-8H2,1-4H3,(H,20,23);1H,(H,2,3). The molecule has 7 heteroatoms. The predicted molar refractivity (Wildman–Crippen MR) is 104 cm³/mol. The average molecular weight is 374 g/mol. The van der Waals surface area contributed by atoms with E-state index in [9.17, 15) is 9.59 Å². The zero-order valence-electron chi connectivity index (χ0n) is 16.2. The highest BCUT2D eigenvalue weighted by Crippen LogP contribution is 2.33. The van der Waals surface area contributed by atoms with Crippen LogP contribution in [0.2, 0.25) is 0 Å². The van der Waals surface area contributed by atoms with Gasteiger partial charge in [-0.05, 0) is 70.1 Å². The number of hydrogen-bond donors (Lipinski definition) is 2. The zero-order valence-corrected chi connectivity index (χ0v) is 16.2. The van der Waals surface area contributed by atoms with Crippen LogP contribution in [0.5, 0.6) is 0 Å². The number of carbonyl (C=O) groups is 2. The van der Waals surface area contributed by atoms with Crippen LogP contribution in [0.1, 0.15) is 30.9 Å². The van der Waals surface area contributed by atoms with Gasteiger partial charge in [-0.2, -0.15) is 0 Å². The molecule has 0 unspecified atom stereocenters. The van der Waals surface area contributed by atoms with Crippen molar-refractivity contribution in [2.24, 2.45) is 5.41 Å². The van der Waals surface area contributed by atoms with Crippen LogP contribution in [0.25, 0.3) is 11.0 Å². The number of piperidine rings is 1. The van der Waals surface area contributed by atoms with E-state index >= 15 is 0 Å². The van der Waals surface area contributed by atoms with E-state index in [4.69, 9.17) is 14.3 Å². The second-order valence-electron chi connectivity index (χ2n) is 7.34. The van der Waals surface area contributed by atoms with Crippen molar-refractivity contribution in [1.82, 2.24) is 4.90 Å². The van der Waals surface area contributed by atoms with Gasteiger partial charge in [0, 0.05) is 22.6 Å². The van der Waals surface area contributed by atoms with Gasteiger partial charge in [0.25, 0.3) is 6.47 Å². The Morgan fingerprint density at radius 2 is 1.81 bits per heavy atom. The molecule has 0 aliphatic carbocycles. The third-order valence-corrected chi connectivity index (χ3v) is 5.18. The molecule has 7 nitrogen and oxygen atoms in total. The second-order valence-corrected chi connectivity index (χ2v) is 7.34. The molecule has 0 saturated carbocycles. The molecule has 0 atom stereocenters. The first-order chi connectivity index (χ1) is 12.7. The number of carboxylic acid groups (broad SMARTS) is 1. The molecular weight excluding hydrogens is 348 g/mol. The quantitative estimate of drug-likeness (QED) is 0.619. The number of amides is 1. The first-order valence-corrected chi connectivity index (χ1v) is 8.83. The summed E-state index contributed by atoms with van der Waals surface area (Å²) in [5.41, 5.74) is 2.38. The van der Waals surface area contributed by atoms with Gasteiger partial charge in [0.2, 0.25) is 5.91 Å². The van der Waals surface area contributed by atoms with E-state index in [1.807, 2.05) is 32.9 Å². The summed E-state index contributed by atoms with van der Waals surface area (Å²) < 4.78 is 5.26. The van der Waals surface area contributed by atoms with E-state index in [0.717, 1.165) is 48.1 Å². The van der Waals surface area contributed by atoms with E-state index in [-0.39, 0.29) is 23.4 Å². The Kier molecular flexibility index (Phi) is 6.38. The zero-order chi connectivity index (χ0) is 20.2. The molecule has 1 amide bonds. The molecular formula is C20H26N2O5. The van der Waals surface area contributed by atoms with Crippen molar-refractivity contribution < 1.29 is 19.1 Å². The molecule has 1 aromatic carbocycles. The van der Waals surface area contributed by atoms with Gasteiger partial charge < -0.3 is 19.7 Å². The summed E-state index contributed by atoms with van der Waals surface area (Å²) in [6, 6.07) is 5.19. The number of nitrogens with one attached hydrogen (secondary N) is 1. The Balaban J connectivity index is 0.000000817. The molecule has 2 N–H and O–H groups in total. The van der Waals surface area contributed by atoms with Gasteiger partial charge in [0.1, 0.15) is 5.58 Å². The largest absolute Gasteiger partial charge is 0.483 e. The SMILES string of the molecule is Cc1cc2oc(=O)cc(C)c2cc1NC(=O)C1(C)CCN(C)CC1.O=CO.